The fraction of sp³-hybridized carbons (Fsp3) is 0.400. The van der Waals surface area contributed by atoms with Gasteiger partial charge in [-0.2, -0.15) is 0 Å². The van der Waals surface area contributed by atoms with E-state index in [0.717, 1.165) is 25.3 Å². The summed E-state index contributed by atoms with van der Waals surface area (Å²) in [7, 11) is 0. The van der Waals surface area contributed by atoms with Crippen LogP contribution < -0.4 is 5.73 Å². The molecule has 1 aromatic carbocycles. The van der Waals surface area contributed by atoms with Gasteiger partial charge in [-0.1, -0.05) is 6.07 Å². The molecule has 0 atom stereocenters. The zero-order valence-electron chi connectivity index (χ0n) is 7.19. The van der Waals surface area contributed by atoms with E-state index in [9.17, 15) is 8.78 Å². The quantitative estimate of drug-likeness (QED) is 0.710. The Morgan fingerprint density at radius 2 is 1.85 bits per heavy atom. The second kappa shape index (κ2) is 2.77. The Balaban J connectivity index is 2.36. The van der Waals surface area contributed by atoms with Crippen LogP contribution in [0.3, 0.4) is 0 Å². The lowest BCUT2D eigenvalue weighted by atomic mass is 9.73. The molecule has 1 fully saturated rings. The van der Waals surface area contributed by atoms with Gasteiger partial charge in [0.1, 0.15) is 0 Å². The predicted molar refractivity (Wildman–Crippen MR) is 46.1 cm³/mol. The molecule has 1 aliphatic rings. The number of halogens is 2. The van der Waals surface area contributed by atoms with Crippen molar-refractivity contribution in [3.63, 3.8) is 0 Å². The minimum Gasteiger partial charge on any atom is -0.321 e. The maximum absolute atomic E-state index is 12.8. The third kappa shape index (κ3) is 1.33. The molecular weight excluding hydrogens is 172 g/mol. The van der Waals surface area contributed by atoms with E-state index in [-0.39, 0.29) is 0 Å². The largest absolute Gasteiger partial charge is 0.321 e. The van der Waals surface area contributed by atoms with Gasteiger partial charge in [0.25, 0.3) is 0 Å². The second-order valence-electron chi connectivity index (χ2n) is 3.64. The Kier molecular flexibility index (Phi) is 1.84. The zero-order valence-corrected chi connectivity index (χ0v) is 7.19. The van der Waals surface area contributed by atoms with Crippen LogP contribution in [0, 0.1) is 11.6 Å². The lowest BCUT2D eigenvalue weighted by Gasteiger charge is -2.38. The molecule has 0 saturated heterocycles. The van der Waals surface area contributed by atoms with Gasteiger partial charge in [-0.25, -0.2) is 8.78 Å². The molecule has 0 radical (unpaired) electrons. The topological polar surface area (TPSA) is 26.0 Å². The van der Waals surface area contributed by atoms with Crippen molar-refractivity contribution in [1.29, 1.82) is 0 Å². The fourth-order valence-electron chi connectivity index (χ4n) is 1.65. The molecule has 1 nitrogen and oxygen atoms in total. The summed E-state index contributed by atoms with van der Waals surface area (Å²) in [5, 5.41) is 0. The van der Waals surface area contributed by atoms with Gasteiger partial charge in [-0.3, -0.25) is 0 Å². The zero-order chi connectivity index (χ0) is 9.47. The van der Waals surface area contributed by atoms with E-state index >= 15 is 0 Å². The summed E-state index contributed by atoms with van der Waals surface area (Å²) >= 11 is 0. The third-order valence-electron chi connectivity index (χ3n) is 2.74. The van der Waals surface area contributed by atoms with Crippen molar-refractivity contribution in [2.75, 3.05) is 0 Å². The lowest BCUT2D eigenvalue weighted by molar-refractivity contribution is 0.252. The molecule has 2 rings (SSSR count). The number of hydrogen-bond acceptors (Lipinski definition) is 1. The van der Waals surface area contributed by atoms with Crippen LogP contribution in [0.15, 0.2) is 18.2 Å². The van der Waals surface area contributed by atoms with Crippen LogP contribution in [0.25, 0.3) is 0 Å². The number of nitrogens with two attached hydrogens (primary N) is 1. The van der Waals surface area contributed by atoms with Gasteiger partial charge in [0.2, 0.25) is 0 Å². The minimum absolute atomic E-state index is 0.408. The van der Waals surface area contributed by atoms with Crippen LogP contribution >= 0.6 is 0 Å². The van der Waals surface area contributed by atoms with E-state index in [1.54, 1.807) is 6.07 Å². The van der Waals surface area contributed by atoms with Crippen molar-refractivity contribution < 1.29 is 8.78 Å². The Hall–Kier alpha value is -0.960. The molecule has 0 unspecified atom stereocenters. The monoisotopic (exact) mass is 183 g/mol. The molecule has 3 heteroatoms. The Labute approximate surface area is 75.6 Å². The Morgan fingerprint density at radius 1 is 1.15 bits per heavy atom. The van der Waals surface area contributed by atoms with Crippen LogP contribution in [0.5, 0.6) is 0 Å². The maximum Gasteiger partial charge on any atom is 0.159 e. The van der Waals surface area contributed by atoms with E-state index in [0.29, 0.717) is 5.56 Å². The molecule has 0 bridgehead atoms. The molecule has 1 aliphatic carbocycles. The molecule has 0 aromatic heterocycles. The van der Waals surface area contributed by atoms with Crippen molar-refractivity contribution in [1.82, 2.24) is 0 Å². The van der Waals surface area contributed by atoms with Crippen LogP contribution in [-0.2, 0) is 5.54 Å². The van der Waals surface area contributed by atoms with Gasteiger partial charge in [0.15, 0.2) is 11.6 Å². The van der Waals surface area contributed by atoms with Gasteiger partial charge in [0.05, 0.1) is 0 Å². The number of benzene rings is 1. The Morgan fingerprint density at radius 3 is 2.31 bits per heavy atom. The van der Waals surface area contributed by atoms with Crippen LogP contribution in [0.4, 0.5) is 8.78 Å². The summed E-state index contributed by atoms with van der Waals surface area (Å²) in [4.78, 5) is 0. The number of hydrogen-bond donors (Lipinski definition) is 1. The third-order valence-corrected chi connectivity index (χ3v) is 2.74. The first-order valence-corrected chi connectivity index (χ1v) is 4.36. The molecule has 0 aliphatic heterocycles. The summed E-state index contributed by atoms with van der Waals surface area (Å²) in [5.41, 5.74) is 6.25. The highest BCUT2D eigenvalue weighted by atomic mass is 19.2. The van der Waals surface area contributed by atoms with Crippen molar-refractivity contribution >= 4 is 0 Å². The summed E-state index contributed by atoms with van der Waals surface area (Å²) in [5.74, 6) is -1.62. The average molecular weight is 183 g/mol. The van der Waals surface area contributed by atoms with Crippen molar-refractivity contribution in [2.45, 2.75) is 24.8 Å². The van der Waals surface area contributed by atoms with Crippen LogP contribution in [0.1, 0.15) is 24.8 Å². The average Bonchev–Trinajstić information content (AvgIpc) is 2.06. The molecule has 0 amide bonds. The molecule has 0 heterocycles. The SMILES string of the molecule is NC1(c2ccc(F)c(F)c2)CCC1. The minimum atomic E-state index is -0.813. The van der Waals surface area contributed by atoms with E-state index in [1.165, 1.54) is 6.07 Å². The highest BCUT2D eigenvalue weighted by Crippen LogP contribution is 2.38. The standard InChI is InChI=1S/C10H11F2N/c11-8-3-2-7(6-9(8)12)10(13)4-1-5-10/h2-3,6H,1,4-5,13H2. The lowest BCUT2D eigenvalue weighted by Crippen LogP contribution is -2.43. The molecule has 1 aromatic rings. The second-order valence-corrected chi connectivity index (χ2v) is 3.64. The normalized spacial score (nSPS) is 19.6. The summed E-state index contributed by atoms with van der Waals surface area (Å²) in [6.07, 6.45) is 2.78. The van der Waals surface area contributed by atoms with E-state index in [2.05, 4.69) is 0 Å². The molecule has 70 valence electrons. The predicted octanol–water partition coefficient (Wildman–Crippen LogP) is 2.30. The highest BCUT2D eigenvalue weighted by molar-refractivity contribution is 5.27. The summed E-state index contributed by atoms with van der Waals surface area (Å²) in [6, 6.07) is 3.91. The van der Waals surface area contributed by atoms with Gasteiger partial charge < -0.3 is 5.73 Å². The van der Waals surface area contributed by atoms with Gasteiger partial charge in [-0.05, 0) is 37.0 Å². The summed E-state index contributed by atoms with van der Waals surface area (Å²) < 4.78 is 25.4. The molecular formula is C10H11F2N. The molecule has 2 N–H and O–H groups in total. The van der Waals surface area contributed by atoms with Crippen molar-refractivity contribution in [3.05, 3.63) is 35.4 Å². The smallest absolute Gasteiger partial charge is 0.159 e. The van der Waals surface area contributed by atoms with Gasteiger partial charge in [0, 0.05) is 5.54 Å². The fourth-order valence-corrected chi connectivity index (χ4v) is 1.65. The first-order chi connectivity index (χ1) is 6.12. The molecule has 1 saturated carbocycles. The van der Waals surface area contributed by atoms with Gasteiger partial charge >= 0.3 is 0 Å². The van der Waals surface area contributed by atoms with Crippen molar-refractivity contribution in [2.24, 2.45) is 5.73 Å². The highest BCUT2D eigenvalue weighted by Gasteiger charge is 2.34. The maximum atomic E-state index is 12.8. The first-order valence-electron chi connectivity index (χ1n) is 4.36. The van der Waals surface area contributed by atoms with Crippen LogP contribution in [-0.4, -0.2) is 0 Å². The molecule has 0 spiro atoms. The van der Waals surface area contributed by atoms with Crippen molar-refractivity contribution in [3.8, 4) is 0 Å². The van der Waals surface area contributed by atoms with Crippen LogP contribution in [0.2, 0.25) is 0 Å². The van der Waals surface area contributed by atoms with E-state index < -0.39 is 17.2 Å². The number of rotatable bonds is 1. The van der Waals surface area contributed by atoms with E-state index in [1.807, 2.05) is 0 Å². The van der Waals surface area contributed by atoms with Gasteiger partial charge in [-0.15, -0.1) is 0 Å². The first kappa shape index (κ1) is 8.63. The summed E-state index contributed by atoms with van der Waals surface area (Å²) in [6.45, 7) is 0. The molecule has 13 heavy (non-hydrogen) atoms. The Bertz CT molecular complexity index is 332. The van der Waals surface area contributed by atoms with E-state index in [4.69, 9.17) is 5.73 Å².